The van der Waals surface area contributed by atoms with Gasteiger partial charge in [0.2, 0.25) is 0 Å². The molecule has 0 saturated carbocycles. The molecule has 43 heavy (non-hydrogen) atoms. The molecule has 0 saturated heterocycles. The number of rotatable bonds is 1. The third kappa shape index (κ3) is 5.09. The van der Waals surface area contributed by atoms with Crippen LogP contribution in [-0.2, 0) is 21.7 Å². The lowest BCUT2D eigenvalue weighted by Gasteiger charge is -2.41. The zero-order chi connectivity index (χ0) is 38.2. The largest absolute Gasteiger partial charge is 0.458 e. The first kappa shape index (κ1) is 21.3. The van der Waals surface area contributed by atoms with E-state index < -0.39 is 28.4 Å². The van der Waals surface area contributed by atoms with Gasteiger partial charge < -0.3 is 9.64 Å². The lowest BCUT2D eigenvalue weighted by molar-refractivity contribution is 0.486. The topological polar surface area (TPSA) is 12.5 Å². The van der Waals surface area contributed by atoms with Crippen LogP contribution in [0.5, 0.6) is 11.5 Å². The first-order valence-corrected chi connectivity index (χ1v) is 15.3. The summed E-state index contributed by atoms with van der Waals surface area (Å²) < 4.78 is 82.1. The number of hydrogen-bond donors (Lipinski definition) is 0. The second kappa shape index (κ2) is 9.52. The van der Waals surface area contributed by atoms with E-state index in [2.05, 4.69) is 0 Å². The molecular weight excluding hydrogens is 521 g/mol. The van der Waals surface area contributed by atoms with Crippen molar-refractivity contribution in [2.45, 2.75) is 105 Å². The second-order valence-corrected chi connectivity index (χ2v) is 16.1. The van der Waals surface area contributed by atoms with Crippen LogP contribution in [-0.4, -0.2) is 6.71 Å². The van der Waals surface area contributed by atoms with Crippen molar-refractivity contribution in [1.29, 1.82) is 0 Å². The Balaban J connectivity index is 1.87. The van der Waals surface area contributed by atoms with Crippen molar-refractivity contribution in [3.63, 3.8) is 0 Å². The van der Waals surface area contributed by atoms with Crippen LogP contribution in [0.15, 0.2) is 72.6 Å². The summed E-state index contributed by atoms with van der Waals surface area (Å²) in [4.78, 5) is 1.86. The van der Waals surface area contributed by atoms with Crippen LogP contribution in [0.2, 0.25) is 0 Å². The second-order valence-electron chi connectivity index (χ2n) is 16.1. The van der Waals surface area contributed by atoms with Crippen molar-refractivity contribution < 1.29 is 15.7 Å². The molecule has 4 aromatic rings. The molecule has 0 unspecified atom stereocenters. The van der Waals surface area contributed by atoms with E-state index >= 15 is 0 Å². The third-order valence-corrected chi connectivity index (χ3v) is 8.32. The molecule has 0 aliphatic carbocycles. The molecule has 6 rings (SSSR count). The molecule has 0 bridgehead atoms. The van der Waals surface area contributed by atoms with Gasteiger partial charge in [-0.2, -0.15) is 0 Å². The maximum absolute atomic E-state index is 9.77. The zero-order valence-corrected chi connectivity index (χ0v) is 27.7. The van der Waals surface area contributed by atoms with Crippen LogP contribution in [0.25, 0.3) is 0 Å². The van der Waals surface area contributed by atoms with E-state index in [0.29, 0.717) is 55.8 Å². The molecule has 2 aliphatic rings. The lowest BCUT2D eigenvalue weighted by atomic mass is 9.34. The molecule has 2 heterocycles. The minimum atomic E-state index is -0.793. The Morgan fingerprint density at radius 2 is 1.16 bits per heavy atom. The van der Waals surface area contributed by atoms with Crippen molar-refractivity contribution in [3.05, 3.63) is 94.9 Å². The van der Waals surface area contributed by atoms with Crippen molar-refractivity contribution in [2.75, 3.05) is 4.90 Å². The van der Waals surface area contributed by atoms with Gasteiger partial charge in [-0.25, -0.2) is 0 Å². The molecule has 0 aromatic heterocycles. The fraction of sp³-hybridized carbons (Fsp3) is 0.400. The van der Waals surface area contributed by atoms with Crippen LogP contribution < -0.4 is 26.0 Å². The molecular formula is C40H48BNO. The summed E-state index contributed by atoms with van der Waals surface area (Å²) in [5.74, 6) is 0.494. The zero-order valence-electron chi connectivity index (χ0n) is 35.7. The fourth-order valence-electron chi connectivity index (χ4n) is 5.66. The predicted molar refractivity (Wildman–Crippen MR) is 187 cm³/mol. The molecule has 222 valence electrons. The van der Waals surface area contributed by atoms with Crippen molar-refractivity contribution in [1.82, 2.24) is 0 Å². The van der Waals surface area contributed by atoms with Crippen LogP contribution in [0.3, 0.4) is 0 Å². The highest BCUT2D eigenvalue weighted by molar-refractivity contribution is 6.99. The molecule has 2 aliphatic heterocycles. The van der Waals surface area contributed by atoms with Gasteiger partial charge in [0.1, 0.15) is 11.5 Å². The normalized spacial score (nSPS) is 17.2. The van der Waals surface area contributed by atoms with E-state index in [9.17, 15) is 8.22 Å². The van der Waals surface area contributed by atoms with E-state index in [1.165, 1.54) is 0 Å². The minimum absolute atomic E-state index is 0.0406. The van der Waals surface area contributed by atoms with E-state index in [1.807, 2.05) is 106 Å². The lowest BCUT2D eigenvalue weighted by Crippen LogP contribution is -2.59. The molecule has 0 atom stereocenters. The van der Waals surface area contributed by atoms with Crippen molar-refractivity contribution in [2.24, 2.45) is 0 Å². The van der Waals surface area contributed by atoms with E-state index in [4.69, 9.17) is 7.48 Å². The fourth-order valence-corrected chi connectivity index (χ4v) is 5.66. The number of fused-ring (bicyclic) bond motifs is 4. The number of nitrogens with zero attached hydrogens (tertiary/aromatic N) is 1. The molecule has 4 aromatic carbocycles. The van der Waals surface area contributed by atoms with Gasteiger partial charge in [-0.3, -0.25) is 0 Å². The summed E-state index contributed by atoms with van der Waals surface area (Å²) in [5, 5.41) is 0. The average molecular weight is 578 g/mol. The highest BCUT2D eigenvalue weighted by Gasteiger charge is 2.42. The first-order chi connectivity index (χ1) is 23.2. The standard InChI is InChI=1S/C40H48BNO/c1-37(2,3)25-17-19-34-31(23-25)41-30-18-16-26(38(4,5)6)24-33(30)42(32-14-13-15-35(43-34)36(32)41)29-21-27(39(7,8)9)20-28(22-29)40(10,11)12/h13-24H,1-12H3/i16D,17D,18D,19D,20D,21D,22D,23D. The summed E-state index contributed by atoms with van der Waals surface area (Å²) >= 11 is 0. The van der Waals surface area contributed by atoms with Crippen molar-refractivity contribution >= 4 is 40.2 Å². The number of anilines is 3. The third-order valence-electron chi connectivity index (χ3n) is 8.32. The Labute approximate surface area is 271 Å². The molecule has 2 nitrogen and oxygen atoms in total. The quantitative estimate of drug-likeness (QED) is 0.181. The summed E-state index contributed by atoms with van der Waals surface area (Å²) in [6.07, 6.45) is 0. The van der Waals surface area contributed by atoms with Crippen LogP contribution in [0, 0.1) is 0 Å². The number of benzene rings is 4. The van der Waals surface area contributed by atoms with Gasteiger partial charge in [0, 0.05) is 17.1 Å². The van der Waals surface area contributed by atoms with E-state index in [-0.39, 0.29) is 59.8 Å². The smallest absolute Gasteiger partial charge is 0.256 e. The number of hydrogen-bond acceptors (Lipinski definition) is 2. The van der Waals surface area contributed by atoms with Crippen LogP contribution >= 0.6 is 0 Å². The summed E-state index contributed by atoms with van der Waals surface area (Å²) in [5.41, 5.74) is 2.45. The summed E-state index contributed by atoms with van der Waals surface area (Å²) in [7, 11) is 0. The molecule has 0 spiro atoms. The molecule has 0 radical (unpaired) electrons. The Bertz CT molecular complexity index is 2130. The highest BCUT2D eigenvalue weighted by atomic mass is 16.5. The maximum atomic E-state index is 9.77. The summed E-state index contributed by atoms with van der Waals surface area (Å²) in [6.45, 7) is 22.8. The molecule has 0 fully saturated rings. The number of ether oxygens (including phenoxy) is 1. The maximum Gasteiger partial charge on any atom is 0.256 e. The van der Waals surface area contributed by atoms with E-state index in [1.54, 1.807) is 6.07 Å². The Kier molecular flexibility index (Phi) is 4.71. The monoisotopic (exact) mass is 577 g/mol. The Morgan fingerprint density at radius 1 is 0.581 bits per heavy atom. The molecule has 3 heteroatoms. The van der Waals surface area contributed by atoms with E-state index in [0.717, 1.165) is 0 Å². The van der Waals surface area contributed by atoms with Gasteiger partial charge in [0.25, 0.3) is 6.71 Å². The summed E-state index contributed by atoms with van der Waals surface area (Å²) in [6, 6.07) is 7.53. The Morgan fingerprint density at radius 3 is 1.74 bits per heavy atom. The Hall–Kier alpha value is -3.46. The average Bonchev–Trinajstić information content (AvgIpc) is 2.95. The first-order valence-electron chi connectivity index (χ1n) is 19.3. The highest BCUT2D eigenvalue weighted by Crippen LogP contribution is 2.44. The SMILES string of the molecule is [2H]c1c(C(C)(C)C)cc2c(c1[2H])B1c3c(cccc3N2c2c([2H])c(C(C)(C)C)c([2H])c(C(C)(C)C)c2[2H])Oc2c([2H])c([2H])c(C(C)(C)C)c([2H])c21. The van der Waals surface area contributed by atoms with Crippen LogP contribution in [0.4, 0.5) is 17.1 Å². The predicted octanol–water partition coefficient (Wildman–Crippen LogP) is 9.28. The molecule has 0 N–H and O–H groups in total. The minimum Gasteiger partial charge on any atom is -0.458 e. The van der Waals surface area contributed by atoms with Gasteiger partial charge in [-0.15, -0.1) is 0 Å². The van der Waals surface area contributed by atoms with Gasteiger partial charge in [0.15, 0.2) is 0 Å². The molecule has 0 amide bonds. The van der Waals surface area contributed by atoms with Gasteiger partial charge >= 0.3 is 0 Å². The van der Waals surface area contributed by atoms with Crippen LogP contribution in [0.1, 0.15) is 116 Å². The van der Waals surface area contributed by atoms with Crippen molar-refractivity contribution in [3.8, 4) is 11.5 Å². The van der Waals surface area contributed by atoms with Gasteiger partial charge in [-0.05, 0) is 96.6 Å². The van der Waals surface area contributed by atoms with Gasteiger partial charge in [0.05, 0.1) is 11.0 Å². The van der Waals surface area contributed by atoms with Gasteiger partial charge in [-0.1, -0.05) is 119 Å².